The Kier molecular flexibility index (Phi) is 6.83. The van der Waals surface area contributed by atoms with Crippen LogP contribution in [0.1, 0.15) is 67.6 Å². The summed E-state index contributed by atoms with van der Waals surface area (Å²) in [5.41, 5.74) is 2.60. The monoisotopic (exact) mass is 511 g/mol. The number of carbonyl (C=O) groups excluding carboxylic acids is 2. The van der Waals surface area contributed by atoms with Gasteiger partial charge >= 0.3 is 0 Å². The lowest BCUT2D eigenvalue weighted by molar-refractivity contribution is -0.119. The van der Waals surface area contributed by atoms with E-state index >= 15 is 0 Å². The van der Waals surface area contributed by atoms with Gasteiger partial charge < -0.3 is 20.4 Å². The zero-order valence-corrected chi connectivity index (χ0v) is 21.1. The molecule has 2 fully saturated rings. The van der Waals surface area contributed by atoms with Crippen LogP contribution in [0.25, 0.3) is 22.3 Å². The predicted molar refractivity (Wildman–Crippen MR) is 134 cm³/mol. The molecule has 0 radical (unpaired) electrons. The number of benzene rings is 1. The summed E-state index contributed by atoms with van der Waals surface area (Å²) in [5, 5.41) is 6.04. The second-order valence-electron chi connectivity index (χ2n) is 10.3. The van der Waals surface area contributed by atoms with Gasteiger partial charge in [-0.25, -0.2) is 18.7 Å². The zero-order chi connectivity index (χ0) is 26.3. The molecule has 3 atom stereocenters. The molecular formula is C27H31F2N5O3. The SMILES string of the molecule is CC(=O)N[C@@H]1C[C@@H](C)[C@H](NC(=O)c2c(C)[nH]c3c(-c4cc(C(F)F)ccc4OCC4CC4)ncnc23)C1. The average molecular weight is 512 g/mol. The molecule has 0 unspecified atom stereocenters. The minimum atomic E-state index is -2.64. The molecule has 1 aromatic carbocycles. The Morgan fingerprint density at radius 2 is 1.97 bits per heavy atom. The molecule has 5 rings (SSSR count). The molecule has 37 heavy (non-hydrogen) atoms. The number of amides is 2. The van der Waals surface area contributed by atoms with E-state index in [0.29, 0.717) is 58.2 Å². The Labute approximate surface area is 213 Å². The number of rotatable bonds is 8. The Morgan fingerprint density at radius 1 is 1.19 bits per heavy atom. The molecule has 196 valence electrons. The van der Waals surface area contributed by atoms with E-state index in [9.17, 15) is 18.4 Å². The van der Waals surface area contributed by atoms with Crippen LogP contribution in [0.3, 0.4) is 0 Å². The Morgan fingerprint density at radius 3 is 2.68 bits per heavy atom. The van der Waals surface area contributed by atoms with Crippen LogP contribution in [-0.2, 0) is 4.79 Å². The van der Waals surface area contributed by atoms with Crippen LogP contribution in [0, 0.1) is 18.8 Å². The maximum absolute atomic E-state index is 13.6. The first-order valence-electron chi connectivity index (χ1n) is 12.7. The number of hydrogen-bond acceptors (Lipinski definition) is 5. The van der Waals surface area contributed by atoms with Crippen molar-refractivity contribution in [1.29, 1.82) is 0 Å². The van der Waals surface area contributed by atoms with Gasteiger partial charge in [0.25, 0.3) is 12.3 Å². The lowest BCUT2D eigenvalue weighted by Crippen LogP contribution is -2.38. The van der Waals surface area contributed by atoms with E-state index in [-0.39, 0.29) is 35.4 Å². The summed E-state index contributed by atoms with van der Waals surface area (Å²) >= 11 is 0. The molecule has 0 bridgehead atoms. The second-order valence-corrected chi connectivity index (χ2v) is 10.3. The molecule has 3 N–H and O–H groups in total. The van der Waals surface area contributed by atoms with Crippen molar-refractivity contribution >= 4 is 22.8 Å². The Hall–Kier alpha value is -3.56. The molecule has 8 nitrogen and oxygen atoms in total. The van der Waals surface area contributed by atoms with Crippen LogP contribution in [0.4, 0.5) is 8.78 Å². The van der Waals surface area contributed by atoms with E-state index < -0.39 is 6.43 Å². The second kappa shape index (κ2) is 10.1. The van der Waals surface area contributed by atoms with Crippen molar-refractivity contribution in [2.45, 2.75) is 65.0 Å². The van der Waals surface area contributed by atoms with Crippen LogP contribution >= 0.6 is 0 Å². The highest BCUT2D eigenvalue weighted by atomic mass is 19.3. The highest BCUT2D eigenvalue weighted by Crippen LogP contribution is 2.38. The van der Waals surface area contributed by atoms with E-state index in [0.717, 1.165) is 19.3 Å². The Balaban J connectivity index is 1.47. The molecule has 10 heteroatoms. The number of nitrogens with one attached hydrogen (secondary N) is 3. The first-order chi connectivity index (χ1) is 17.7. The summed E-state index contributed by atoms with van der Waals surface area (Å²) in [6, 6.07) is 4.24. The summed E-state index contributed by atoms with van der Waals surface area (Å²) in [6.07, 6.45) is 2.33. The van der Waals surface area contributed by atoms with Crippen molar-refractivity contribution in [3.05, 3.63) is 41.3 Å². The van der Waals surface area contributed by atoms with Crippen LogP contribution in [0.2, 0.25) is 0 Å². The average Bonchev–Trinajstić information content (AvgIpc) is 3.52. The maximum atomic E-state index is 13.6. The highest BCUT2D eigenvalue weighted by molar-refractivity contribution is 6.09. The number of nitrogens with zero attached hydrogens (tertiary/aromatic N) is 2. The molecule has 2 heterocycles. The zero-order valence-electron chi connectivity index (χ0n) is 21.1. The van der Waals surface area contributed by atoms with Crippen LogP contribution in [0.15, 0.2) is 24.5 Å². The van der Waals surface area contributed by atoms with Crippen molar-refractivity contribution in [2.75, 3.05) is 6.61 Å². The summed E-state index contributed by atoms with van der Waals surface area (Å²) < 4.78 is 33.1. The minimum absolute atomic E-state index is 0.0203. The third kappa shape index (κ3) is 5.28. The van der Waals surface area contributed by atoms with Crippen LogP contribution < -0.4 is 15.4 Å². The van der Waals surface area contributed by atoms with Crippen molar-refractivity contribution in [1.82, 2.24) is 25.6 Å². The predicted octanol–water partition coefficient (Wildman–Crippen LogP) is 4.69. The van der Waals surface area contributed by atoms with Gasteiger partial charge in [-0.2, -0.15) is 0 Å². The van der Waals surface area contributed by atoms with Crippen molar-refractivity contribution < 1.29 is 23.1 Å². The summed E-state index contributed by atoms with van der Waals surface area (Å²) in [5.74, 6) is 0.787. The number of H-pyrrole nitrogens is 1. The molecule has 2 aromatic heterocycles. The maximum Gasteiger partial charge on any atom is 0.263 e. The van der Waals surface area contributed by atoms with Gasteiger partial charge in [0, 0.05) is 35.8 Å². The molecular weight excluding hydrogens is 480 g/mol. The number of aryl methyl sites for hydroxylation is 1. The van der Waals surface area contributed by atoms with Gasteiger partial charge in [0.1, 0.15) is 23.3 Å². The van der Waals surface area contributed by atoms with E-state index in [4.69, 9.17) is 4.74 Å². The molecule has 2 saturated carbocycles. The smallest absolute Gasteiger partial charge is 0.263 e. The summed E-state index contributed by atoms with van der Waals surface area (Å²) in [6.45, 7) is 5.83. The van der Waals surface area contributed by atoms with Gasteiger partial charge in [-0.05, 0) is 62.6 Å². The van der Waals surface area contributed by atoms with Gasteiger partial charge in [0.05, 0.1) is 17.7 Å². The molecule has 0 spiro atoms. The summed E-state index contributed by atoms with van der Waals surface area (Å²) in [7, 11) is 0. The van der Waals surface area contributed by atoms with E-state index in [1.54, 1.807) is 13.0 Å². The lowest BCUT2D eigenvalue weighted by atomic mass is 10.0. The fourth-order valence-corrected chi connectivity index (χ4v) is 5.18. The number of alkyl halides is 2. The van der Waals surface area contributed by atoms with E-state index in [1.807, 2.05) is 6.92 Å². The number of carbonyl (C=O) groups is 2. The van der Waals surface area contributed by atoms with Gasteiger partial charge in [0.15, 0.2) is 0 Å². The van der Waals surface area contributed by atoms with Gasteiger partial charge in [-0.15, -0.1) is 0 Å². The number of ether oxygens (including phenoxy) is 1. The molecule has 2 aliphatic rings. The van der Waals surface area contributed by atoms with E-state index in [1.165, 1.54) is 25.4 Å². The first-order valence-corrected chi connectivity index (χ1v) is 12.7. The highest BCUT2D eigenvalue weighted by Gasteiger charge is 2.34. The normalized spacial score (nSPS) is 21.4. The molecule has 0 aliphatic heterocycles. The summed E-state index contributed by atoms with van der Waals surface area (Å²) in [4.78, 5) is 36.9. The lowest BCUT2D eigenvalue weighted by Gasteiger charge is -2.17. The fourth-order valence-electron chi connectivity index (χ4n) is 5.18. The largest absolute Gasteiger partial charge is 0.493 e. The molecule has 2 amide bonds. The number of aromatic nitrogens is 3. The Bertz CT molecular complexity index is 1340. The number of halogens is 2. The van der Waals surface area contributed by atoms with Gasteiger partial charge in [0.2, 0.25) is 5.91 Å². The van der Waals surface area contributed by atoms with Gasteiger partial charge in [-0.3, -0.25) is 9.59 Å². The standard InChI is InChI=1S/C27H31F2N5O3/c1-13-8-18(33-15(3)35)10-20(13)34-27(36)22-14(2)32-25-23(30-12-31-24(22)25)19-9-17(26(28)29)6-7-21(19)37-11-16-4-5-16/h6-7,9,12-13,16,18,20,26,32H,4-5,8,10-11H2,1-3H3,(H,33,35)(H,34,36)/t13-,18-,20-/m1/s1. The fraction of sp³-hybridized carbons (Fsp3) is 0.481. The quantitative estimate of drug-likeness (QED) is 0.407. The first kappa shape index (κ1) is 25.1. The van der Waals surface area contributed by atoms with Crippen LogP contribution in [0.5, 0.6) is 5.75 Å². The van der Waals surface area contributed by atoms with Crippen molar-refractivity contribution in [3.8, 4) is 17.0 Å². The third-order valence-electron chi connectivity index (χ3n) is 7.29. The molecule has 2 aliphatic carbocycles. The van der Waals surface area contributed by atoms with Gasteiger partial charge in [-0.1, -0.05) is 6.92 Å². The minimum Gasteiger partial charge on any atom is -0.493 e. The van der Waals surface area contributed by atoms with Crippen LogP contribution in [-0.4, -0.2) is 45.5 Å². The topological polar surface area (TPSA) is 109 Å². The number of fused-ring (bicyclic) bond motifs is 1. The number of aromatic amines is 1. The third-order valence-corrected chi connectivity index (χ3v) is 7.29. The number of hydrogen-bond donors (Lipinski definition) is 3. The molecule has 0 saturated heterocycles. The van der Waals surface area contributed by atoms with E-state index in [2.05, 4.69) is 25.6 Å². The van der Waals surface area contributed by atoms with Crippen molar-refractivity contribution in [3.63, 3.8) is 0 Å². The van der Waals surface area contributed by atoms with Crippen molar-refractivity contribution in [2.24, 2.45) is 11.8 Å². The molecule has 3 aromatic rings.